The van der Waals surface area contributed by atoms with Gasteiger partial charge in [0.25, 0.3) is 11.8 Å². The van der Waals surface area contributed by atoms with Gasteiger partial charge in [-0.1, -0.05) is 18.2 Å². The van der Waals surface area contributed by atoms with Crippen molar-refractivity contribution in [3.05, 3.63) is 80.4 Å². The van der Waals surface area contributed by atoms with Gasteiger partial charge in [0.2, 0.25) is 6.79 Å². The van der Waals surface area contributed by atoms with Crippen molar-refractivity contribution in [3.63, 3.8) is 0 Å². The van der Waals surface area contributed by atoms with Gasteiger partial charge in [0.1, 0.15) is 30.2 Å². The minimum absolute atomic E-state index is 0.0275. The topological polar surface area (TPSA) is 151 Å². The maximum absolute atomic E-state index is 14.1. The van der Waals surface area contributed by atoms with E-state index >= 15 is 0 Å². The number of ether oxygens (including phenoxy) is 5. The number of esters is 1. The number of methoxy groups -OCH3 is 1. The Morgan fingerprint density at radius 2 is 1.70 bits per heavy atom. The number of benzene rings is 3. The number of thioether (sulfide) groups is 1. The summed E-state index contributed by atoms with van der Waals surface area (Å²) in [5.74, 6) is -0.261. The van der Waals surface area contributed by atoms with Crippen LogP contribution in [0.4, 0.5) is 0 Å². The van der Waals surface area contributed by atoms with Crippen molar-refractivity contribution in [2.24, 2.45) is 0 Å². The average molecular weight is 739 g/mol. The lowest BCUT2D eigenvalue weighted by molar-refractivity contribution is -0.153. The number of fused-ring (bicyclic) bond motifs is 11. The first-order valence-electron chi connectivity index (χ1n) is 17.6. The monoisotopic (exact) mass is 738 g/mol. The summed E-state index contributed by atoms with van der Waals surface area (Å²) in [6.07, 6.45) is 0.574. The van der Waals surface area contributed by atoms with Crippen LogP contribution in [0, 0.1) is 32.1 Å². The Morgan fingerprint density at radius 1 is 0.981 bits per heavy atom. The number of phenolic OH excluding ortho intramolecular Hbond substituents is 1. The van der Waals surface area contributed by atoms with Crippen LogP contribution in [0.3, 0.4) is 0 Å². The van der Waals surface area contributed by atoms with Crippen molar-refractivity contribution in [3.8, 4) is 29.1 Å². The molecule has 10 rings (SSSR count). The molecular weight excluding hydrogens is 701 g/mol. The molecule has 7 aliphatic heterocycles. The third-order valence-corrected chi connectivity index (χ3v) is 13.4. The molecule has 0 aromatic heterocycles. The van der Waals surface area contributed by atoms with Crippen LogP contribution in [0.25, 0.3) is 0 Å². The Bertz CT molecular complexity index is 2130. The predicted octanol–water partition coefficient (Wildman–Crippen LogP) is 4.25. The Morgan fingerprint density at radius 3 is 2.40 bits per heavy atom. The van der Waals surface area contributed by atoms with Gasteiger partial charge < -0.3 is 28.8 Å². The van der Waals surface area contributed by atoms with Crippen LogP contribution >= 0.6 is 11.8 Å². The molecule has 1 unspecified atom stereocenters. The molecule has 3 aromatic carbocycles. The summed E-state index contributed by atoms with van der Waals surface area (Å²) in [6, 6.07) is 7.59. The molecule has 3 aromatic rings. The third kappa shape index (κ3) is 4.64. The zero-order valence-electron chi connectivity index (χ0n) is 29.9. The largest absolute Gasteiger partial charge is 0.507 e. The van der Waals surface area contributed by atoms with E-state index < -0.39 is 47.2 Å². The number of nitrogens with zero attached hydrogens (tertiary/aromatic N) is 4. The van der Waals surface area contributed by atoms with Crippen molar-refractivity contribution in [1.29, 1.82) is 5.26 Å². The van der Waals surface area contributed by atoms with Crippen molar-refractivity contribution >= 4 is 29.5 Å². The van der Waals surface area contributed by atoms with E-state index in [2.05, 4.69) is 21.9 Å². The summed E-state index contributed by atoms with van der Waals surface area (Å²) in [5.41, 5.74) is 6.28. The number of rotatable bonds is 4. The normalized spacial score (nSPS) is 28.5. The molecule has 0 aliphatic carbocycles. The van der Waals surface area contributed by atoms with Gasteiger partial charge in [-0.3, -0.25) is 24.3 Å². The van der Waals surface area contributed by atoms with E-state index in [1.54, 1.807) is 38.3 Å². The number of aromatic hydroxyl groups is 1. The maximum Gasteiger partial charge on any atom is 0.330 e. The second-order valence-corrected chi connectivity index (χ2v) is 15.6. The minimum atomic E-state index is -1.24. The van der Waals surface area contributed by atoms with Gasteiger partial charge in [-0.15, -0.1) is 11.8 Å². The van der Waals surface area contributed by atoms with Crippen LogP contribution in [0.2, 0.25) is 0 Å². The van der Waals surface area contributed by atoms with Crippen molar-refractivity contribution in [2.45, 2.75) is 68.7 Å². The molecule has 4 bridgehead atoms. The smallest absolute Gasteiger partial charge is 0.330 e. The number of carbonyl (C=O) groups excluding carboxylic acids is 3. The second kappa shape index (κ2) is 12.4. The number of phenols is 1. The first kappa shape index (κ1) is 34.0. The number of carbonyl (C=O) groups is 3. The van der Waals surface area contributed by atoms with Gasteiger partial charge >= 0.3 is 5.97 Å². The fourth-order valence-corrected chi connectivity index (χ4v) is 11.1. The van der Waals surface area contributed by atoms with Gasteiger partial charge in [0, 0.05) is 47.2 Å². The molecule has 2 fully saturated rings. The summed E-state index contributed by atoms with van der Waals surface area (Å²) in [5, 5.41) is 22.6. The number of nitriles is 1. The highest BCUT2D eigenvalue weighted by Gasteiger charge is 2.61. The summed E-state index contributed by atoms with van der Waals surface area (Å²) >= 11 is 1.35. The van der Waals surface area contributed by atoms with Crippen molar-refractivity contribution in [2.75, 3.05) is 40.1 Å². The van der Waals surface area contributed by atoms with Crippen LogP contribution in [-0.2, 0) is 20.7 Å². The zero-order valence-corrected chi connectivity index (χ0v) is 30.7. The minimum Gasteiger partial charge on any atom is -0.507 e. The van der Waals surface area contributed by atoms with Crippen LogP contribution < -0.4 is 14.2 Å². The quantitative estimate of drug-likeness (QED) is 0.231. The number of aryl methyl sites for hydroxylation is 1. The molecule has 0 saturated carbocycles. The van der Waals surface area contributed by atoms with Crippen molar-refractivity contribution in [1.82, 2.24) is 14.7 Å². The van der Waals surface area contributed by atoms with Gasteiger partial charge in [-0.2, -0.15) is 5.26 Å². The number of piperazine rings is 1. The molecular formula is C39H38N4O9S. The first-order valence-corrected chi connectivity index (χ1v) is 18.7. The van der Waals surface area contributed by atoms with E-state index in [0.717, 1.165) is 27.2 Å². The molecule has 2 amide bonds. The molecule has 2 saturated heterocycles. The number of imide groups is 1. The molecule has 274 valence electrons. The van der Waals surface area contributed by atoms with E-state index in [4.69, 9.17) is 23.7 Å². The van der Waals surface area contributed by atoms with Crippen molar-refractivity contribution < 1.29 is 43.2 Å². The van der Waals surface area contributed by atoms with Crippen LogP contribution in [0.1, 0.15) is 77.0 Å². The summed E-state index contributed by atoms with van der Waals surface area (Å²) in [7, 11) is 3.61. The summed E-state index contributed by atoms with van der Waals surface area (Å²) in [4.78, 5) is 47.0. The van der Waals surface area contributed by atoms with E-state index in [1.807, 2.05) is 20.9 Å². The molecule has 0 radical (unpaired) electrons. The van der Waals surface area contributed by atoms with E-state index in [1.165, 1.54) is 11.8 Å². The van der Waals surface area contributed by atoms with Gasteiger partial charge in [-0.05, 0) is 63.1 Å². The SMILES string of the molecule is COCOc1c(C)c(C)cc2c1[C@@H]1C3[C@@H]4SC[C@H](N5C(=O)c6ccccc6C5=O)C(=O)OC[C@H](c5c6c(c(C)c(O)c54)OCO6)N3[C@@H](C#N)[C@H](C2)N1C. The highest BCUT2D eigenvalue weighted by atomic mass is 32.2. The predicted molar refractivity (Wildman–Crippen MR) is 190 cm³/mol. The summed E-state index contributed by atoms with van der Waals surface area (Å²) in [6.45, 7) is 5.61. The van der Waals surface area contributed by atoms with E-state index in [0.29, 0.717) is 40.4 Å². The highest BCUT2D eigenvalue weighted by molar-refractivity contribution is 7.99. The second-order valence-electron chi connectivity index (χ2n) is 14.5. The number of amides is 2. The maximum atomic E-state index is 14.1. The zero-order chi connectivity index (χ0) is 37.0. The number of hydrogen-bond acceptors (Lipinski definition) is 13. The fraction of sp³-hybridized carbons (Fsp3) is 0.436. The molecule has 7 heterocycles. The van der Waals surface area contributed by atoms with Crippen LogP contribution in [0.15, 0.2) is 30.3 Å². The number of likely N-dealkylation sites (N-methyl/N-ethyl adjacent to an activating group) is 1. The fourth-order valence-electron chi connectivity index (χ4n) is 9.52. The van der Waals surface area contributed by atoms with Crippen LogP contribution in [-0.4, -0.2) is 102 Å². The van der Waals surface area contributed by atoms with Gasteiger partial charge in [0.05, 0.1) is 34.5 Å². The Labute approximate surface area is 310 Å². The van der Waals surface area contributed by atoms with Gasteiger partial charge in [0.15, 0.2) is 18.3 Å². The Hall–Kier alpha value is -4.81. The molecule has 7 aliphatic rings. The van der Waals surface area contributed by atoms with E-state index in [9.17, 15) is 24.8 Å². The molecule has 13 nitrogen and oxygen atoms in total. The third-order valence-electron chi connectivity index (χ3n) is 12.0. The lowest BCUT2D eigenvalue weighted by Crippen LogP contribution is -2.69. The van der Waals surface area contributed by atoms with Gasteiger partial charge in [-0.25, -0.2) is 4.79 Å². The Kier molecular flexibility index (Phi) is 7.94. The molecule has 1 N–H and O–H groups in total. The highest BCUT2D eigenvalue weighted by Crippen LogP contribution is 2.63. The molecule has 53 heavy (non-hydrogen) atoms. The average Bonchev–Trinajstić information content (AvgIpc) is 3.74. The molecule has 7 atom stereocenters. The Balaban J connectivity index is 1.26. The van der Waals surface area contributed by atoms with E-state index in [-0.39, 0.29) is 54.9 Å². The van der Waals surface area contributed by atoms with Crippen LogP contribution in [0.5, 0.6) is 23.0 Å². The number of hydrogen-bond donors (Lipinski definition) is 1. The molecule has 0 spiro atoms. The lowest BCUT2D eigenvalue weighted by Gasteiger charge is -2.62. The lowest BCUT2D eigenvalue weighted by atomic mass is 9.71. The first-order chi connectivity index (χ1) is 25.6. The summed E-state index contributed by atoms with van der Waals surface area (Å²) < 4.78 is 29.9. The molecule has 14 heteroatoms. The standard InChI is InChI=1S/C39H38N4O9S/c1-17-10-20-11-23-24(12-40)42-25-13-49-39(47)26(43-37(45)21-8-6-7-9-22(21)38(43)46)14-53-36(29-28(25)35-34(51-16-52-35)19(3)32(29)44)31(42)30(41(23)4)27(20)33(18(17)2)50-15-48-5/h6-10,23-26,30-31,36,44H,11,13-16H2,1-5H3/t23-,24-,25+,26-,30+,31?,36+/m0/s1.